The molecule has 0 saturated heterocycles. The van der Waals surface area contributed by atoms with Gasteiger partial charge in [-0.25, -0.2) is 4.79 Å². The van der Waals surface area contributed by atoms with E-state index in [1.807, 2.05) is 43.3 Å². The Hall–Kier alpha value is -3.34. The third kappa shape index (κ3) is 3.52. The molecule has 2 N–H and O–H groups in total. The van der Waals surface area contributed by atoms with Gasteiger partial charge in [0, 0.05) is 5.56 Å². The third-order valence-corrected chi connectivity index (χ3v) is 4.19. The summed E-state index contributed by atoms with van der Waals surface area (Å²) in [7, 11) is 1.63. The van der Waals surface area contributed by atoms with Gasteiger partial charge in [-0.1, -0.05) is 24.3 Å². The van der Waals surface area contributed by atoms with Crippen LogP contribution in [-0.2, 0) is 0 Å². The molecular weight excluding hydrogens is 328 g/mol. The fourth-order valence-electron chi connectivity index (χ4n) is 2.93. The zero-order chi connectivity index (χ0) is 18.7. The Kier molecular flexibility index (Phi) is 4.89. The maximum atomic E-state index is 11.5. The first-order valence-corrected chi connectivity index (χ1v) is 8.20. The number of carboxylic acids is 1. The maximum absolute atomic E-state index is 11.5. The van der Waals surface area contributed by atoms with Crippen LogP contribution in [0.25, 0.3) is 11.3 Å². The van der Waals surface area contributed by atoms with Crippen molar-refractivity contribution in [3.05, 3.63) is 71.4 Å². The van der Waals surface area contributed by atoms with Crippen LogP contribution in [0.15, 0.2) is 54.7 Å². The van der Waals surface area contributed by atoms with Crippen molar-refractivity contribution in [1.82, 2.24) is 4.98 Å². The van der Waals surface area contributed by atoms with Crippen molar-refractivity contribution in [2.24, 2.45) is 0 Å². The highest BCUT2D eigenvalue weighted by Crippen LogP contribution is 2.28. The summed E-state index contributed by atoms with van der Waals surface area (Å²) in [6, 6.07) is 15.0. The van der Waals surface area contributed by atoms with E-state index in [1.54, 1.807) is 32.4 Å². The van der Waals surface area contributed by atoms with E-state index < -0.39 is 5.97 Å². The van der Waals surface area contributed by atoms with Crippen LogP contribution in [0.3, 0.4) is 0 Å². The van der Waals surface area contributed by atoms with E-state index >= 15 is 0 Å². The van der Waals surface area contributed by atoms with Crippen LogP contribution < -0.4 is 10.1 Å². The number of hydrogen-bond donors (Lipinski definition) is 2. The Morgan fingerprint density at radius 1 is 1.08 bits per heavy atom. The highest BCUT2D eigenvalue weighted by molar-refractivity contribution is 5.96. The molecule has 0 fully saturated rings. The Labute approximate surface area is 152 Å². The summed E-state index contributed by atoms with van der Waals surface area (Å²) in [5.41, 5.74) is 5.07. The number of aryl methyl sites for hydroxylation is 2. The van der Waals surface area contributed by atoms with Crippen LogP contribution in [0.1, 0.15) is 21.5 Å². The molecule has 0 saturated carbocycles. The number of carboxylic acid groups (broad SMARTS) is 1. The number of nitrogens with zero attached hydrogens (tertiary/aromatic N) is 1. The molecule has 0 amide bonds. The van der Waals surface area contributed by atoms with Gasteiger partial charge in [-0.3, -0.25) is 4.98 Å². The molecule has 0 aliphatic rings. The number of ether oxygens (including phenoxy) is 1. The first-order valence-electron chi connectivity index (χ1n) is 8.20. The van der Waals surface area contributed by atoms with Gasteiger partial charge in [-0.2, -0.15) is 0 Å². The predicted octanol–water partition coefficient (Wildman–Crippen LogP) is 4.82. The fourth-order valence-corrected chi connectivity index (χ4v) is 2.93. The lowest BCUT2D eigenvalue weighted by molar-refractivity contribution is 0.0697. The molecule has 3 aromatic rings. The van der Waals surface area contributed by atoms with E-state index in [2.05, 4.69) is 10.3 Å². The lowest BCUT2D eigenvalue weighted by atomic mass is 10.0. The second-order valence-corrected chi connectivity index (χ2v) is 6.05. The van der Waals surface area contributed by atoms with Crippen molar-refractivity contribution in [3.63, 3.8) is 0 Å². The molecule has 2 aromatic carbocycles. The van der Waals surface area contributed by atoms with Crippen molar-refractivity contribution in [2.75, 3.05) is 12.4 Å². The van der Waals surface area contributed by atoms with E-state index in [-0.39, 0.29) is 5.56 Å². The van der Waals surface area contributed by atoms with Crippen molar-refractivity contribution in [2.45, 2.75) is 13.8 Å². The predicted molar refractivity (Wildman–Crippen MR) is 102 cm³/mol. The van der Waals surface area contributed by atoms with Crippen molar-refractivity contribution in [1.29, 1.82) is 0 Å². The van der Waals surface area contributed by atoms with Gasteiger partial charge in [-0.15, -0.1) is 0 Å². The average molecular weight is 348 g/mol. The molecule has 0 aliphatic carbocycles. The minimum atomic E-state index is -0.955. The molecule has 0 aliphatic heterocycles. The summed E-state index contributed by atoms with van der Waals surface area (Å²) < 4.78 is 5.27. The first-order chi connectivity index (χ1) is 12.5. The number of pyridine rings is 1. The van der Waals surface area contributed by atoms with Gasteiger partial charge in [0.25, 0.3) is 0 Å². The van der Waals surface area contributed by atoms with Crippen LogP contribution in [-0.4, -0.2) is 23.2 Å². The summed E-state index contributed by atoms with van der Waals surface area (Å²) in [6.07, 6.45) is 1.70. The second kappa shape index (κ2) is 7.27. The number of aromatic carboxylic acids is 1. The number of rotatable bonds is 5. The minimum absolute atomic E-state index is 0.266. The molecule has 26 heavy (non-hydrogen) atoms. The van der Waals surface area contributed by atoms with Crippen molar-refractivity contribution < 1.29 is 14.6 Å². The fraction of sp³-hybridized carbons (Fsp3) is 0.143. The van der Waals surface area contributed by atoms with E-state index in [4.69, 9.17) is 4.74 Å². The Morgan fingerprint density at radius 3 is 2.54 bits per heavy atom. The third-order valence-electron chi connectivity index (χ3n) is 4.19. The van der Waals surface area contributed by atoms with Crippen LogP contribution in [0.2, 0.25) is 0 Å². The molecule has 0 radical (unpaired) electrons. The molecule has 0 atom stereocenters. The zero-order valence-electron chi connectivity index (χ0n) is 14.9. The number of nitrogens with one attached hydrogen (secondary N) is 1. The normalized spacial score (nSPS) is 10.4. The smallest absolute Gasteiger partial charge is 0.338 e. The van der Waals surface area contributed by atoms with Crippen molar-refractivity contribution >= 4 is 17.3 Å². The second-order valence-electron chi connectivity index (χ2n) is 6.05. The summed E-state index contributed by atoms with van der Waals surface area (Å²) in [5.74, 6) is -0.181. The zero-order valence-corrected chi connectivity index (χ0v) is 14.9. The van der Waals surface area contributed by atoms with Gasteiger partial charge < -0.3 is 15.2 Å². The number of carbonyl (C=O) groups is 1. The molecule has 5 heteroatoms. The van der Waals surface area contributed by atoms with E-state index in [0.29, 0.717) is 11.3 Å². The molecular formula is C21H20N2O3. The highest BCUT2D eigenvalue weighted by atomic mass is 16.5. The lowest BCUT2D eigenvalue weighted by Gasteiger charge is -2.13. The minimum Gasteiger partial charge on any atom is -0.497 e. The lowest BCUT2D eigenvalue weighted by Crippen LogP contribution is -2.05. The molecule has 0 spiro atoms. The summed E-state index contributed by atoms with van der Waals surface area (Å²) in [4.78, 5) is 16.1. The van der Waals surface area contributed by atoms with Gasteiger partial charge in [0.05, 0.1) is 35.9 Å². The largest absolute Gasteiger partial charge is 0.497 e. The van der Waals surface area contributed by atoms with Gasteiger partial charge in [0.15, 0.2) is 0 Å². The molecule has 0 unspecified atom stereocenters. The van der Waals surface area contributed by atoms with Gasteiger partial charge >= 0.3 is 5.97 Å². The SMILES string of the molecule is COc1cccc(-c2ncc(Nc3cccc(C)c3C(=O)O)cc2C)c1. The van der Waals surface area contributed by atoms with Crippen LogP contribution in [0.4, 0.5) is 11.4 Å². The number of hydrogen-bond acceptors (Lipinski definition) is 4. The Morgan fingerprint density at radius 2 is 1.85 bits per heavy atom. The molecule has 3 rings (SSSR count). The topological polar surface area (TPSA) is 71.5 Å². The summed E-state index contributed by atoms with van der Waals surface area (Å²) >= 11 is 0. The van der Waals surface area contributed by atoms with Crippen LogP contribution in [0, 0.1) is 13.8 Å². The number of methoxy groups -OCH3 is 1. The molecule has 1 aromatic heterocycles. The first kappa shape index (κ1) is 17.5. The van der Waals surface area contributed by atoms with Crippen molar-refractivity contribution in [3.8, 4) is 17.0 Å². The standard InChI is InChI=1S/C21H20N2O3/c1-13-6-4-9-18(19(13)21(24)25)23-16-10-14(2)20(22-12-16)15-7-5-8-17(11-15)26-3/h4-12,23H,1-3H3,(H,24,25). The summed E-state index contributed by atoms with van der Waals surface area (Å²) in [5, 5.41) is 12.6. The molecule has 0 bridgehead atoms. The van der Waals surface area contributed by atoms with Crippen LogP contribution >= 0.6 is 0 Å². The maximum Gasteiger partial charge on any atom is 0.338 e. The van der Waals surface area contributed by atoms with E-state index in [1.165, 1.54) is 0 Å². The Balaban J connectivity index is 1.94. The van der Waals surface area contributed by atoms with Gasteiger partial charge in [-0.05, 0) is 49.2 Å². The average Bonchev–Trinajstić information content (AvgIpc) is 2.61. The van der Waals surface area contributed by atoms with Gasteiger partial charge in [0.2, 0.25) is 0 Å². The van der Waals surface area contributed by atoms with E-state index in [9.17, 15) is 9.90 Å². The Bertz CT molecular complexity index is 967. The highest BCUT2D eigenvalue weighted by Gasteiger charge is 2.14. The molecule has 1 heterocycles. The molecule has 5 nitrogen and oxygen atoms in total. The summed E-state index contributed by atoms with van der Waals surface area (Å²) in [6.45, 7) is 3.76. The van der Waals surface area contributed by atoms with Gasteiger partial charge in [0.1, 0.15) is 5.75 Å². The number of anilines is 2. The monoisotopic (exact) mass is 348 g/mol. The molecule has 132 valence electrons. The van der Waals surface area contributed by atoms with Crippen LogP contribution in [0.5, 0.6) is 5.75 Å². The number of aromatic nitrogens is 1. The van der Waals surface area contributed by atoms with E-state index in [0.717, 1.165) is 28.3 Å². The number of benzene rings is 2. The quantitative estimate of drug-likeness (QED) is 0.692.